The number of aliphatic hydroxyl groups excluding tert-OH is 1. The molecule has 1 atom stereocenters. The summed E-state index contributed by atoms with van der Waals surface area (Å²) in [6.07, 6.45) is 7.66. The molecule has 1 aromatic rings. The number of halogens is 2. The quantitative estimate of drug-likeness (QED) is 0.396. The Labute approximate surface area is 167 Å². The normalized spacial score (nSPS) is 17.3. The number of guanidine groups is 1. The van der Waals surface area contributed by atoms with Gasteiger partial charge in [0.15, 0.2) is 5.96 Å². The molecule has 0 aromatic carbocycles. The molecular weight excluding hydrogens is 439 g/mol. The van der Waals surface area contributed by atoms with Crippen LogP contribution in [-0.4, -0.2) is 47.3 Å². The van der Waals surface area contributed by atoms with Crippen LogP contribution in [0.3, 0.4) is 0 Å². The second kappa shape index (κ2) is 10.5. The van der Waals surface area contributed by atoms with Crippen LogP contribution >= 0.6 is 35.6 Å². The Morgan fingerprint density at radius 3 is 2.67 bits per heavy atom. The van der Waals surface area contributed by atoms with Crippen LogP contribution in [0.4, 0.5) is 0 Å². The molecule has 24 heavy (non-hydrogen) atoms. The number of aromatic nitrogens is 1. The fourth-order valence-electron chi connectivity index (χ4n) is 3.31. The van der Waals surface area contributed by atoms with E-state index in [1.54, 1.807) is 7.05 Å². The van der Waals surface area contributed by atoms with Crippen LogP contribution in [0, 0.1) is 5.92 Å². The van der Waals surface area contributed by atoms with Crippen LogP contribution in [0.25, 0.3) is 0 Å². The predicted octanol–water partition coefficient (Wildman–Crippen LogP) is 3.24. The molecule has 138 valence electrons. The molecule has 0 amide bonds. The van der Waals surface area contributed by atoms with E-state index in [1.165, 1.54) is 19.3 Å². The minimum Gasteiger partial charge on any atom is -0.391 e. The zero-order valence-electron chi connectivity index (χ0n) is 14.8. The first-order chi connectivity index (χ1) is 11.0. The summed E-state index contributed by atoms with van der Waals surface area (Å²) in [5.41, 5.74) is 1.12. The summed E-state index contributed by atoms with van der Waals surface area (Å²) in [6.45, 7) is 1.26. The Morgan fingerprint density at radius 2 is 2.12 bits per heavy atom. The molecule has 0 spiro atoms. The predicted molar refractivity (Wildman–Crippen MR) is 111 cm³/mol. The van der Waals surface area contributed by atoms with Gasteiger partial charge in [0.1, 0.15) is 0 Å². The van der Waals surface area contributed by atoms with Gasteiger partial charge >= 0.3 is 0 Å². The van der Waals surface area contributed by atoms with Gasteiger partial charge in [-0.25, -0.2) is 0 Å². The first-order valence-electron chi connectivity index (χ1n) is 8.42. The van der Waals surface area contributed by atoms with E-state index >= 15 is 0 Å². The van der Waals surface area contributed by atoms with E-state index in [-0.39, 0.29) is 30.1 Å². The fraction of sp³-hybridized carbons (Fsp3) is 0.706. The Morgan fingerprint density at radius 1 is 1.46 bits per heavy atom. The number of aliphatic hydroxyl groups is 1. The average molecular weight is 469 g/mol. The number of hydrogen-bond donors (Lipinski definition) is 2. The molecule has 1 aliphatic rings. The highest BCUT2D eigenvalue weighted by atomic mass is 127. The highest BCUT2D eigenvalue weighted by Crippen LogP contribution is 2.26. The van der Waals surface area contributed by atoms with Crippen molar-refractivity contribution in [2.75, 3.05) is 20.6 Å². The topological polar surface area (TPSA) is 52.8 Å². The molecule has 0 bridgehead atoms. The number of nitrogens with zero attached hydrogens (tertiary/aromatic N) is 3. The molecule has 0 radical (unpaired) electrons. The second-order valence-corrected chi connectivity index (χ2v) is 6.95. The molecule has 1 aliphatic carbocycles. The maximum absolute atomic E-state index is 10.4. The molecule has 0 saturated heterocycles. The highest BCUT2D eigenvalue weighted by molar-refractivity contribution is 14.0. The van der Waals surface area contributed by atoms with Crippen LogP contribution in [0.5, 0.6) is 0 Å². The van der Waals surface area contributed by atoms with Crippen molar-refractivity contribution in [2.45, 2.75) is 44.8 Å². The summed E-state index contributed by atoms with van der Waals surface area (Å²) in [7, 11) is 5.74. The first-order valence-corrected chi connectivity index (χ1v) is 8.79. The lowest BCUT2D eigenvalue weighted by atomic mass is 9.85. The minimum absolute atomic E-state index is 0. The SMILES string of the molecule is CN=C(NCC(O)C1CCCCC1)N(C)Cc1cc(Cl)cn1C.I. The molecule has 1 fully saturated rings. The molecule has 1 saturated carbocycles. The molecule has 5 nitrogen and oxygen atoms in total. The van der Waals surface area contributed by atoms with Gasteiger partial charge in [0.2, 0.25) is 0 Å². The summed E-state index contributed by atoms with van der Waals surface area (Å²) in [6, 6.07) is 1.96. The van der Waals surface area contributed by atoms with Gasteiger partial charge in [-0.05, 0) is 24.8 Å². The van der Waals surface area contributed by atoms with Crippen molar-refractivity contribution >= 4 is 41.5 Å². The van der Waals surface area contributed by atoms with Gasteiger partial charge in [0.25, 0.3) is 0 Å². The lowest BCUT2D eigenvalue weighted by Gasteiger charge is -2.28. The fourth-order valence-corrected chi connectivity index (χ4v) is 3.58. The van der Waals surface area contributed by atoms with E-state index in [1.807, 2.05) is 35.8 Å². The minimum atomic E-state index is -0.301. The average Bonchev–Trinajstić information content (AvgIpc) is 2.86. The van der Waals surface area contributed by atoms with Gasteiger partial charge in [-0.1, -0.05) is 30.9 Å². The van der Waals surface area contributed by atoms with Crippen LogP contribution in [-0.2, 0) is 13.6 Å². The van der Waals surface area contributed by atoms with Gasteiger partial charge < -0.3 is 19.9 Å². The van der Waals surface area contributed by atoms with E-state index in [0.717, 1.165) is 29.5 Å². The molecule has 1 heterocycles. The van der Waals surface area contributed by atoms with E-state index in [9.17, 15) is 5.11 Å². The van der Waals surface area contributed by atoms with Gasteiger partial charge in [-0.15, -0.1) is 24.0 Å². The summed E-state index contributed by atoms with van der Waals surface area (Å²) in [5.74, 6) is 1.21. The number of hydrogen-bond acceptors (Lipinski definition) is 2. The second-order valence-electron chi connectivity index (χ2n) is 6.51. The number of aryl methyl sites for hydroxylation is 1. The van der Waals surface area contributed by atoms with Crippen LogP contribution < -0.4 is 5.32 Å². The van der Waals surface area contributed by atoms with Crippen LogP contribution in [0.1, 0.15) is 37.8 Å². The van der Waals surface area contributed by atoms with Crippen molar-refractivity contribution in [1.82, 2.24) is 14.8 Å². The van der Waals surface area contributed by atoms with Gasteiger partial charge in [0, 0.05) is 39.6 Å². The van der Waals surface area contributed by atoms with E-state index in [2.05, 4.69) is 10.3 Å². The Hall–Kier alpha value is -0.470. The third kappa shape index (κ3) is 6.11. The Kier molecular flexibility index (Phi) is 9.44. The van der Waals surface area contributed by atoms with Gasteiger partial charge in [0.05, 0.1) is 17.7 Å². The van der Waals surface area contributed by atoms with E-state index < -0.39 is 0 Å². The molecular formula is C17H30ClIN4O. The standard InChI is InChI=1S/C17H29ClN4O.HI/c1-19-17(20-10-16(23)13-7-5-4-6-8-13)22(3)12-15-9-14(18)11-21(15)2;/h9,11,13,16,23H,4-8,10,12H2,1-3H3,(H,19,20);1H. The van der Waals surface area contributed by atoms with Crippen molar-refractivity contribution in [3.8, 4) is 0 Å². The monoisotopic (exact) mass is 468 g/mol. The van der Waals surface area contributed by atoms with Crippen LogP contribution in [0.2, 0.25) is 5.02 Å². The van der Waals surface area contributed by atoms with Gasteiger partial charge in [-0.2, -0.15) is 0 Å². The van der Waals surface area contributed by atoms with Gasteiger partial charge in [-0.3, -0.25) is 4.99 Å². The van der Waals surface area contributed by atoms with Crippen LogP contribution in [0.15, 0.2) is 17.3 Å². The molecule has 1 unspecified atom stereocenters. The molecule has 2 rings (SSSR count). The summed E-state index contributed by atoms with van der Waals surface area (Å²) < 4.78 is 2.02. The van der Waals surface area contributed by atoms with Crippen molar-refractivity contribution in [1.29, 1.82) is 0 Å². The summed E-state index contributed by atoms with van der Waals surface area (Å²) in [5, 5.41) is 14.4. The number of nitrogens with one attached hydrogen (secondary N) is 1. The zero-order valence-corrected chi connectivity index (χ0v) is 17.9. The van der Waals surface area contributed by atoms with E-state index in [0.29, 0.717) is 19.0 Å². The summed E-state index contributed by atoms with van der Waals surface area (Å²) in [4.78, 5) is 6.36. The maximum atomic E-state index is 10.4. The Balaban J connectivity index is 0.00000288. The Bertz CT molecular complexity index is 529. The van der Waals surface area contributed by atoms with E-state index in [4.69, 9.17) is 11.6 Å². The summed E-state index contributed by atoms with van der Waals surface area (Å²) >= 11 is 6.03. The molecule has 7 heteroatoms. The molecule has 1 aromatic heterocycles. The molecule has 0 aliphatic heterocycles. The third-order valence-electron chi connectivity index (χ3n) is 4.71. The largest absolute Gasteiger partial charge is 0.391 e. The van der Waals surface area contributed by atoms with Crippen molar-refractivity contribution in [2.24, 2.45) is 18.0 Å². The third-order valence-corrected chi connectivity index (χ3v) is 4.92. The lowest BCUT2D eigenvalue weighted by molar-refractivity contribution is 0.0874. The van der Waals surface area contributed by atoms with Crippen molar-refractivity contribution < 1.29 is 5.11 Å². The first kappa shape index (κ1) is 21.6. The highest BCUT2D eigenvalue weighted by Gasteiger charge is 2.22. The number of aliphatic imine (C=N–C) groups is 1. The zero-order chi connectivity index (χ0) is 16.8. The number of rotatable bonds is 5. The lowest BCUT2D eigenvalue weighted by Crippen LogP contribution is -2.44. The maximum Gasteiger partial charge on any atom is 0.193 e. The van der Waals surface area contributed by atoms with Crippen molar-refractivity contribution in [3.63, 3.8) is 0 Å². The smallest absolute Gasteiger partial charge is 0.193 e. The van der Waals surface area contributed by atoms with Crippen molar-refractivity contribution in [3.05, 3.63) is 23.0 Å². The molecule has 2 N–H and O–H groups in total.